The second-order valence-electron chi connectivity index (χ2n) is 10.1. The Balaban J connectivity index is 1.47. The molecular formula is C31H35N5O4. The van der Waals surface area contributed by atoms with Crippen LogP contribution in [0.1, 0.15) is 35.6 Å². The molecule has 1 fully saturated rings. The highest BCUT2D eigenvalue weighted by atomic mass is 16.5. The van der Waals surface area contributed by atoms with E-state index in [0.29, 0.717) is 42.9 Å². The number of rotatable bonds is 11. The molecule has 0 aliphatic carbocycles. The van der Waals surface area contributed by atoms with E-state index in [-0.39, 0.29) is 24.5 Å². The zero-order chi connectivity index (χ0) is 27.9. The van der Waals surface area contributed by atoms with Crippen molar-refractivity contribution in [3.05, 3.63) is 89.5 Å². The summed E-state index contributed by atoms with van der Waals surface area (Å²) in [5.41, 5.74) is 4.41. The lowest BCUT2D eigenvalue weighted by Gasteiger charge is -2.32. The van der Waals surface area contributed by atoms with Gasteiger partial charge in [-0.1, -0.05) is 59.3 Å². The molecule has 1 N–H and O–H groups in total. The van der Waals surface area contributed by atoms with E-state index >= 15 is 0 Å². The molecule has 1 aromatic heterocycles. The summed E-state index contributed by atoms with van der Waals surface area (Å²) in [5, 5.41) is 11.5. The van der Waals surface area contributed by atoms with Crippen molar-refractivity contribution in [3.8, 4) is 5.75 Å². The molecule has 1 aliphatic heterocycles. The second-order valence-corrected chi connectivity index (χ2v) is 10.1. The number of hydrogen-bond acceptors (Lipinski definition) is 6. The van der Waals surface area contributed by atoms with Crippen molar-refractivity contribution in [3.63, 3.8) is 0 Å². The Morgan fingerprint density at radius 3 is 2.70 bits per heavy atom. The van der Waals surface area contributed by atoms with Crippen molar-refractivity contribution in [1.29, 1.82) is 0 Å². The van der Waals surface area contributed by atoms with E-state index in [2.05, 4.69) is 21.7 Å². The van der Waals surface area contributed by atoms with Crippen LogP contribution in [0.25, 0.3) is 11.0 Å². The number of amides is 2. The lowest BCUT2D eigenvalue weighted by Crippen LogP contribution is -2.47. The van der Waals surface area contributed by atoms with Gasteiger partial charge in [-0.05, 0) is 61.6 Å². The molecule has 5 rings (SSSR count). The molecule has 0 spiro atoms. The smallest absolute Gasteiger partial charge is 0.247 e. The summed E-state index contributed by atoms with van der Waals surface area (Å²) >= 11 is 0. The van der Waals surface area contributed by atoms with E-state index in [1.54, 1.807) is 16.7 Å². The molecule has 1 saturated heterocycles. The minimum atomic E-state index is -0.848. The summed E-state index contributed by atoms with van der Waals surface area (Å²) < 4.78 is 12.7. The Kier molecular flexibility index (Phi) is 8.71. The molecule has 0 unspecified atom stereocenters. The molecule has 0 saturated carbocycles. The van der Waals surface area contributed by atoms with Crippen molar-refractivity contribution in [2.75, 3.05) is 26.8 Å². The maximum atomic E-state index is 14.1. The van der Waals surface area contributed by atoms with Crippen LogP contribution >= 0.6 is 0 Å². The molecule has 2 amide bonds. The number of carbonyl (C=O) groups is 2. The van der Waals surface area contributed by atoms with Crippen LogP contribution in [-0.4, -0.2) is 64.6 Å². The summed E-state index contributed by atoms with van der Waals surface area (Å²) in [6.07, 6.45) is 2.47. The van der Waals surface area contributed by atoms with Crippen LogP contribution in [-0.2, 0) is 27.3 Å². The minimum absolute atomic E-state index is 0.0153. The Labute approximate surface area is 234 Å². The van der Waals surface area contributed by atoms with Gasteiger partial charge in [-0.25, -0.2) is 4.68 Å². The third-order valence-corrected chi connectivity index (χ3v) is 7.27. The van der Waals surface area contributed by atoms with Gasteiger partial charge in [0.15, 0.2) is 0 Å². The number of hydrogen-bond donors (Lipinski definition) is 1. The van der Waals surface area contributed by atoms with Crippen LogP contribution in [0.15, 0.2) is 72.8 Å². The summed E-state index contributed by atoms with van der Waals surface area (Å²) in [4.78, 5) is 29.6. The van der Waals surface area contributed by atoms with Crippen LogP contribution in [0.4, 0.5) is 0 Å². The van der Waals surface area contributed by atoms with Crippen molar-refractivity contribution < 1.29 is 19.1 Å². The van der Waals surface area contributed by atoms with E-state index in [1.807, 2.05) is 73.7 Å². The number of nitrogens with zero attached hydrogens (tertiary/aromatic N) is 4. The van der Waals surface area contributed by atoms with Crippen molar-refractivity contribution >= 4 is 22.8 Å². The number of nitrogens with one attached hydrogen (secondary N) is 1. The molecule has 9 heteroatoms. The van der Waals surface area contributed by atoms with E-state index in [0.717, 1.165) is 29.5 Å². The highest BCUT2D eigenvalue weighted by Crippen LogP contribution is 2.26. The van der Waals surface area contributed by atoms with Crippen molar-refractivity contribution in [2.45, 2.75) is 44.9 Å². The third kappa shape index (κ3) is 6.48. The average Bonchev–Trinajstić information content (AvgIpc) is 3.64. The SMILES string of the molecule is COc1ccc([C@@H](C(=O)NC[C@H]2CCCO2)N(CCc2cccc(C)c2)C(=O)Cn2nnc3ccccc32)cc1. The van der Waals surface area contributed by atoms with Gasteiger partial charge in [-0.15, -0.1) is 5.10 Å². The first kappa shape index (κ1) is 27.3. The van der Waals surface area contributed by atoms with E-state index < -0.39 is 6.04 Å². The lowest BCUT2D eigenvalue weighted by atomic mass is 10.0. The summed E-state index contributed by atoms with van der Waals surface area (Å²) in [5.74, 6) is 0.201. The van der Waals surface area contributed by atoms with E-state index in [4.69, 9.17) is 9.47 Å². The number of benzene rings is 3. The number of methoxy groups -OCH3 is 1. The lowest BCUT2D eigenvalue weighted by molar-refractivity contribution is -0.141. The zero-order valence-corrected chi connectivity index (χ0v) is 23.0. The first-order valence-electron chi connectivity index (χ1n) is 13.7. The fourth-order valence-corrected chi connectivity index (χ4v) is 5.14. The quantitative estimate of drug-likeness (QED) is 0.310. The van der Waals surface area contributed by atoms with Gasteiger partial charge in [0.25, 0.3) is 0 Å². The fourth-order valence-electron chi connectivity index (χ4n) is 5.14. The average molecular weight is 542 g/mol. The maximum Gasteiger partial charge on any atom is 0.247 e. The zero-order valence-electron chi connectivity index (χ0n) is 23.0. The van der Waals surface area contributed by atoms with Gasteiger partial charge in [-0.3, -0.25) is 9.59 Å². The maximum absolute atomic E-state index is 14.1. The van der Waals surface area contributed by atoms with Gasteiger partial charge in [-0.2, -0.15) is 0 Å². The predicted octanol–water partition coefficient (Wildman–Crippen LogP) is 3.86. The normalized spacial score (nSPS) is 15.6. The molecular weight excluding hydrogens is 506 g/mol. The summed E-state index contributed by atoms with van der Waals surface area (Å²) in [6.45, 7) is 3.45. The molecule has 0 bridgehead atoms. The van der Waals surface area contributed by atoms with Crippen molar-refractivity contribution in [1.82, 2.24) is 25.2 Å². The number of ether oxygens (including phenoxy) is 2. The molecule has 1 aliphatic rings. The second kappa shape index (κ2) is 12.7. The van der Waals surface area contributed by atoms with Gasteiger partial charge in [0.05, 0.1) is 18.7 Å². The first-order chi connectivity index (χ1) is 19.5. The van der Waals surface area contributed by atoms with Gasteiger partial charge in [0.2, 0.25) is 11.8 Å². The number of carbonyl (C=O) groups excluding carboxylic acids is 2. The first-order valence-corrected chi connectivity index (χ1v) is 13.7. The van der Waals surface area contributed by atoms with E-state index in [9.17, 15) is 9.59 Å². The summed E-state index contributed by atoms with van der Waals surface area (Å²) in [6, 6.07) is 22.2. The van der Waals surface area contributed by atoms with Crippen molar-refractivity contribution in [2.24, 2.45) is 0 Å². The molecule has 2 atom stereocenters. The van der Waals surface area contributed by atoms with Crippen LogP contribution in [0.2, 0.25) is 0 Å². The molecule has 4 aromatic rings. The fraction of sp³-hybridized carbons (Fsp3) is 0.355. The summed E-state index contributed by atoms with van der Waals surface area (Å²) in [7, 11) is 1.60. The van der Waals surface area contributed by atoms with Crippen LogP contribution in [0.3, 0.4) is 0 Å². The standard InChI is InChI=1S/C31H35N5O4/c1-22-7-5-8-23(19-22)16-17-35(29(37)21-36-28-11-4-3-10-27(28)33-34-36)30(24-12-14-25(39-2)15-13-24)31(38)32-20-26-9-6-18-40-26/h3-5,7-8,10-15,19,26,30H,6,9,16-18,20-21H2,1-2H3,(H,32,38)/t26-,30+/m1/s1. The predicted molar refractivity (Wildman–Crippen MR) is 152 cm³/mol. The Morgan fingerprint density at radius 2 is 1.95 bits per heavy atom. The molecule has 0 radical (unpaired) electrons. The highest BCUT2D eigenvalue weighted by molar-refractivity contribution is 5.89. The van der Waals surface area contributed by atoms with E-state index in [1.165, 1.54) is 0 Å². The molecule has 3 aromatic carbocycles. The monoisotopic (exact) mass is 541 g/mol. The van der Waals surface area contributed by atoms with Crippen LogP contribution in [0.5, 0.6) is 5.75 Å². The third-order valence-electron chi connectivity index (χ3n) is 7.27. The van der Waals surface area contributed by atoms with Gasteiger partial charge in [0.1, 0.15) is 23.9 Å². The Morgan fingerprint density at radius 1 is 1.12 bits per heavy atom. The largest absolute Gasteiger partial charge is 0.497 e. The number of aryl methyl sites for hydroxylation is 1. The Bertz CT molecular complexity index is 1450. The highest BCUT2D eigenvalue weighted by Gasteiger charge is 2.32. The number of aromatic nitrogens is 3. The number of para-hydroxylation sites is 1. The minimum Gasteiger partial charge on any atom is -0.497 e. The van der Waals surface area contributed by atoms with Gasteiger partial charge in [0, 0.05) is 19.7 Å². The molecule has 2 heterocycles. The van der Waals surface area contributed by atoms with Gasteiger partial charge >= 0.3 is 0 Å². The van der Waals surface area contributed by atoms with Gasteiger partial charge < -0.3 is 19.7 Å². The van der Waals surface area contributed by atoms with Crippen LogP contribution in [0, 0.1) is 6.92 Å². The molecule has 208 valence electrons. The van der Waals surface area contributed by atoms with Crippen LogP contribution < -0.4 is 10.1 Å². The Hall–Kier alpha value is -4.24. The topological polar surface area (TPSA) is 98.6 Å². The molecule has 40 heavy (non-hydrogen) atoms. The molecule has 9 nitrogen and oxygen atoms in total. The number of fused-ring (bicyclic) bond motifs is 1.